The van der Waals surface area contributed by atoms with E-state index in [1.165, 1.54) is 96.3 Å². The molecule has 0 amide bonds. The van der Waals surface area contributed by atoms with Gasteiger partial charge in [0.25, 0.3) is 0 Å². The highest BCUT2D eigenvalue weighted by molar-refractivity contribution is 5.79. The molecule has 0 saturated heterocycles. The maximum atomic E-state index is 12.7. The summed E-state index contributed by atoms with van der Waals surface area (Å²) >= 11 is 0. The summed E-state index contributed by atoms with van der Waals surface area (Å²) in [4.78, 5) is 37.2. The van der Waals surface area contributed by atoms with Crippen molar-refractivity contribution in [2.45, 2.75) is 224 Å². The summed E-state index contributed by atoms with van der Waals surface area (Å²) in [6.45, 7) is 3.74. The van der Waals surface area contributed by atoms with E-state index in [4.69, 9.17) is 9.47 Å². The number of Topliss-reactive ketones (excluding diaryl/α,β-unsaturated/α-hetero) is 1. The van der Waals surface area contributed by atoms with Crippen molar-refractivity contribution >= 4 is 17.7 Å². The number of hydrogen-bond donors (Lipinski definition) is 4. The Morgan fingerprint density at radius 2 is 1.11 bits per heavy atom. The van der Waals surface area contributed by atoms with Crippen molar-refractivity contribution < 1.29 is 44.3 Å². The molecule has 0 radical (unpaired) electrons. The molecule has 53 heavy (non-hydrogen) atoms. The van der Waals surface area contributed by atoms with Gasteiger partial charge in [-0.1, -0.05) is 154 Å². The zero-order valence-corrected chi connectivity index (χ0v) is 33.9. The van der Waals surface area contributed by atoms with Gasteiger partial charge < -0.3 is 29.9 Å². The second-order valence-electron chi connectivity index (χ2n) is 15.7. The molecule has 1 aliphatic carbocycles. The van der Waals surface area contributed by atoms with Crippen LogP contribution in [-0.2, 0) is 23.9 Å². The molecule has 0 bridgehead atoms. The van der Waals surface area contributed by atoms with E-state index in [0.29, 0.717) is 25.7 Å². The van der Waals surface area contributed by atoms with Crippen LogP contribution in [0.1, 0.15) is 200 Å². The number of carbonyl (C=O) groups is 3. The van der Waals surface area contributed by atoms with Crippen LogP contribution < -0.4 is 0 Å². The predicted octanol–water partition coefficient (Wildman–Crippen LogP) is 9.24. The number of aliphatic hydroxyl groups excluding tert-OH is 4. The Hall–Kier alpha value is -1.81. The molecule has 1 rings (SSSR count). The first-order valence-electron chi connectivity index (χ1n) is 21.9. The van der Waals surface area contributed by atoms with Crippen molar-refractivity contribution in [1.29, 1.82) is 0 Å². The van der Waals surface area contributed by atoms with Crippen LogP contribution in [0.4, 0.5) is 0 Å². The lowest BCUT2D eigenvalue weighted by atomic mass is 9.87. The van der Waals surface area contributed by atoms with E-state index in [1.54, 1.807) is 12.2 Å². The van der Waals surface area contributed by atoms with Gasteiger partial charge in [0.15, 0.2) is 6.10 Å². The number of esters is 2. The lowest BCUT2D eigenvalue weighted by molar-refractivity contribution is -0.161. The monoisotopic (exact) mass is 753 g/mol. The molecule has 6 atom stereocenters. The molecule has 0 aliphatic heterocycles. The third-order valence-corrected chi connectivity index (χ3v) is 10.8. The van der Waals surface area contributed by atoms with Gasteiger partial charge in [-0.3, -0.25) is 14.4 Å². The Morgan fingerprint density at radius 3 is 1.66 bits per heavy atom. The SMILES string of the molecule is CCCCCCCCCCCCCCCCCCCCC(=O)OC[C@H](CO)OC(=O)CCCCC(=O)C[C@@H]1[C@@H](/C=C/[C@@H](O)CCCCC)[C@H](O)C[C@@H]1O. The molecular formula is C44H80O9. The fraction of sp³-hybridized carbons (Fsp3) is 0.886. The number of unbranched alkanes of at least 4 members (excludes halogenated alkanes) is 20. The summed E-state index contributed by atoms with van der Waals surface area (Å²) in [5, 5.41) is 40.7. The maximum absolute atomic E-state index is 12.7. The minimum Gasteiger partial charge on any atom is -0.462 e. The van der Waals surface area contributed by atoms with E-state index >= 15 is 0 Å². The lowest BCUT2D eigenvalue weighted by Crippen LogP contribution is -2.28. The van der Waals surface area contributed by atoms with Gasteiger partial charge in [0, 0.05) is 43.9 Å². The topological polar surface area (TPSA) is 151 Å². The summed E-state index contributed by atoms with van der Waals surface area (Å²) in [5.74, 6) is -1.72. The van der Waals surface area contributed by atoms with Gasteiger partial charge in [0.2, 0.25) is 0 Å². The van der Waals surface area contributed by atoms with Crippen molar-refractivity contribution in [3.63, 3.8) is 0 Å². The molecule has 1 saturated carbocycles. The van der Waals surface area contributed by atoms with E-state index in [-0.39, 0.29) is 44.0 Å². The molecule has 310 valence electrons. The largest absolute Gasteiger partial charge is 0.462 e. The molecular weight excluding hydrogens is 672 g/mol. The minimum absolute atomic E-state index is 0.0478. The van der Waals surface area contributed by atoms with Crippen LogP contribution in [0.2, 0.25) is 0 Å². The Labute approximate surface area is 323 Å². The van der Waals surface area contributed by atoms with Crippen LogP contribution in [0.25, 0.3) is 0 Å². The smallest absolute Gasteiger partial charge is 0.306 e. The molecule has 0 aromatic rings. The van der Waals surface area contributed by atoms with Gasteiger partial charge in [-0.25, -0.2) is 0 Å². The van der Waals surface area contributed by atoms with Gasteiger partial charge in [0.05, 0.1) is 24.9 Å². The van der Waals surface area contributed by atoms with Gasteiger partial charge in [-0.15, -0.1) is 0 Å². The first kappa shape index (κ1) is 49.2. The second kappa shape index (κ2) is 33.5. The summed E-state index contributed by atoms with van der Waals surface area (Å²) in [6, 6.07) is 0. The molecule has 0 unspecified atom stereocenters. The van der Waals surface area contributed by atoms with Crippen LogP contribution in [0, 0.1) is 11.8 Å². The first-order valence-corrected chi connectivity index (χ1v) is 21.9. The Balaban J connectivity index is 2.08. The van der Waals surface area contributed by atoms with Crippen molar-refractivity contribution in [3.05, 3.63) is 12.2 Å². The fourth-order valence-electron chi connectivity index (χ4n) is 7.37. The normalized spacial score (nSPS) is 19.8. The number of aliphatic hydroxyl groups is 4. The summed E-state index contributed by atoms with van der Waals surface area (Å²) in [7, 11) is 0. The zero-order chi connectivity index (χ0) is 38.9. The first-order chi connectivity index (χ1) is 25.7. The third-order valence-electron chi connectivity index (χ3n) is 10.8. The molecule has 4 N–H and O–H groups in total. The van der Waals surface area contributed by atoms with Crippen LogP contribution in [0.5, 0.6) is 0 Å². The molecule has 9 heteroatoms. The molecule has 1 aliphatic rings. The summed E-state index contributed by atoms with van der Waals surface area (Å²) < 4.78 is 10.5. The number of ketones is 1. The van der Waals surface area contributed by atoms with Crippen LogP contribution in [0.3, 0.4) is 0 Å². The number of carbonyl (C=O) groups excluding carboxylic acids is 3. The number of ether oxygens (including phenoxy) is 2. The number of rotatable bonds is 36. The molecule has 0 aromatic heterocycles. The van der Waals surface area contributed by atoms with E-state index < -0.39 is 48.8 Å². The van der Waals surface area contributed by atoms with E-state index in [9.17, 15) is 34.8 Å². The van der Waals surface area contributed by atoms with Gasteiger partial charge in [0.1, 0.15) is 12.4 Å². The van der Waals surface area contributed by atoms with Crippen LogP contribution >= 0.6 is 0 Å². The molecule has 0 aromatic carbocycles. The van der Waals surface area contributed by atoms with Crippen molar-refractivity contribution in [3.8, 4) is 0 Å². The molecule has 1 fully saturated rings. The second-order valence-corrected chi connectivity index (χ2v) is 15.7. The molecule has 0 heterocycles. The third kappa shape index (κ3) is 26.6. The number of hydrogen-bond acceptors (Lipinski definition) is 9. The Kier molecular flexibility index (Phi) is 31.1. The standard InChI is InChI=1S/C44H80O9/c1-3-5-7-8-9-10-11-12-13-14-15-16-17-18-19-20-21-23-28-43(50)52-35-38(34-45)53-44(51)29-25-24-27-37(47)32-40-39(41(48)33-42(40)49)31-30-36(46)26-22-6-4-2/h30-31,36,38-42,45-46,48-49H,3-29,32-35H2,1-2H3/b31-30+/t36-,38-,39+,40+,41+,42-/m0/s1. The highest BCUT2D eigenvalue weighted by atomic mass is 16.6. The quantitative estimate of drug-likeness (QED) is 0.0279. The zero-order valence-electron chi connectivity index (χ0n) is 33.9. The van der Waals surface area contributed by atoms with Crippen molar-refractivity contribution in [1.82, 2.24) is 0 Å². The van der Waals surface area contributed by atoms with Crippen LogP contribution in [-0.4, -0.2) is 75.8 Å². The Bertz CT molecular complexity index is 938. The fourth-order valence-corrected chi connectivity index (χ4v) is 7.37. The lowest BCUT2D eigenvalue weighted by Gasteiger charge is -2.20. The molecule has 9 nitrogen and oxygen atoms in total. The molecule has 0 spiro atoms. The summed E-state index contributed by atoms with van der Waals surface area (Å²) in [5.41, 5.74) is 0. The predicted molar refractivity (Wildman–Crippen MR) is 212 cm³/mol. The highest BCUT2D eigenvalue weighted by Gasteiger charge is 2.41. The van der Waals surface area contributed by atoms with Crippen LogP contribution in [0.15, 0.2) is 12.2 Å². The van der Waals surface area contributed by atoms with E-state index in [0.717, 1.165) is 38.5 Å². The minimum atomic E-state index is -0.918. The van der Waals surface area contributed by atoms with Gasteiger partial charge >= 0.3 is 11.9 Å². The highest BCUT2D eigenvalue weighted by Crippen LogP contribution is 2.36. The van der Waals surface area contributed by atoms with E-state index in [1.807, 2.05) is 0 Å². The average molecular weight is 753 g/mol. The van der Waals surface area contributed by atoms with Gasteiger partial charge in [-0.05, 0) is 25.7 Å². The van der Waals surface area contributed by atoms with Gasteiger partial charge in [-0.2, -0.15) is 0 Å². The van der Waals surface area contributed by atoms with E-state index in [2.05, 4.69) is 13.8 Å². The average Bonchev–Trinajstić information content (AvgIpc) is 3.40. The van der Waals surface area contributed by atoms with Crippen molar-refractivity contribution in [2.24, 2.45) is 11.8 Å². The van der Waals surface area contributed by atoms with Crippen molar-refractivity contribution in [2.75, 3.05) is 13.2 Å². The summed E-state index contributed by atoms with van der Waals surface area (Å²) in [6.07, 6.45) is 29.0. The Morgan fingerprint density at radius 1 is 0.642 bits per heavy atom. The maximum Gasteiger partial charge on any atom is 0.306 e.